The van der Waals surface area contributed by atoms with Crippen molar-refractivity contribution in [1.29, 1.82) is 0 Å². The van der Waals surface area contributed by atoms with E-state index in [9.17, 15) is 25.9 Å². The van der Waals surface area contributed by atoms with Crippen molar-refractivity contribution in [2.45, 2.75) is 24.3 Å². The fourth-order valence-electron chi connectivity index (χ4n) is 4.26. The van der Waals surface area contributed by atoms with Crippen molar-refractivity contribution in [1.82, 2.24) is 0 Å². The van der Waals surface area contributed by atoms with E-state index < -0.39 is 31.7 Å². The molecule has 0 amide bonds. The van der Waals surface area contributed by atoms with Crippen molar-refractivity contribution in [2.24, 2.45) is 0 Å². The largest absolute Gasteiger partial charge is 0.748 e. The molecule has 0 fully saturated rings. The van der Waals surface area contributed by atoms with Crippen LogP contribution in [0.4, 0.5) is 5.69 Å². The molecule has 0 saturated heterocycles. The third kappa shape index (κ3) is 5.98. The molecule has 0 saturated carbocycles. The number of nitrogens with zero attached hydrogens (tertiary/aromatic N) is 2. The van der Waals surface area contributed by atoms with Crippen molar-refractivity contribution in [3.05, 3.63) is 57.7 Å². The number of benzene rings is 2. The maximum Gasteiger partial charge on any atom is 0.267 e. The SMILES string of the molecule is O=S(=O)([O-])CCCN1/C(=C/c2sc3ccc4ccoc4c3[n+]2CCCS(=O)(=O)[O-])Sc2ccc(Cl)cc21. The number of fused-ring (bicyclic) bond motifs is 4. The summed E-state index contributed by atoms with van der Waals surface area (Å²) in [4.78, 5) is 2.86. The molecule has 4 aromatic rings. The summed E-state index contributed by atoms with van der Waals surface area (Å²) in [5.74, 6) is -0.976. The van der Waals surface area contributed by atoms with Gasteiger partial charge in [0.25, 0.3) is 10.5 Å². The van der Waals surface area contributed by atoms with E-state index in [0.29, 0.717) is 10.6 Å². The summed E-state index contributed by atoms with van der Waals surface area (Å²) >= 11 is 9.20. The van der Waals surface area contributed by atoms with Crippen LogP contribution in [0.25, 0.3) is 27.3 Å². The zero-order valence-electron chi connectivity index (χ0n) is 19.1. The Balaban J connectivity index is 1.58. The van der Waals surface area contributed by atoms with Gasteiger partial charge in [-0.1, -0.05) is 34.7 Å². The molecular formula is C23H20ClN2O7S4-. The summed E-state index contributed by atoms with van der Waals surface area (Å²) in [7, 11) is -8.72. The molecule has 2 aromatic heterocycles. The van der Waals surface area contributed by atoms with E-state index in [1.165, 1.54) is 23.1 Å². The minimum absolute atomic E-state index is 0.129. The van der Waals surface area contributed by atoms with Crippen LogP contribution >= 0.6 is 34.7 Å². The van der Waals surface area contributed by atoms with E-state index in [0.717, 1.165) is 36.2 Å². The van der Waals surface area contributed by atoms with Crippen LogP contribution in [0.5, 0.6) is 0 Å². The average molecular weight is 600 g/mol. The van der Waals surface area contributed by atoms with Gasteiger partial charge in [0.2, 0.25) is 5.58 Å². The number of anilines is 1. The van der Waals surface area contributed by atoms with Gasteiger partial charge < -0.3 is 18.4 Å². The van der Waals surface area contributed by atoms with Gasteiger partial charge in [-0.05, 0) is 42.8 Å². The molecule has 0 aliphatic carbocycles. The molecule has 0 unspecified atom stereocenters. The Hall–Kier alpha value is -2.13. The quantitative estimate of drug-likeness (QED) is 0.203. The number of rotatable bonds is 9. The second kappa shape index (κ2) is 10.2. The highest BCUT2D eigenvalue weighted by Crippen LogP contribution is 2.48. The molecule has 2 aromatic carbocycles. The molecule has 3 heterocycles. The number of thioether (sulfide) groups is 1. The Kier molecular flexibility index (Phi) is 7.31. The van der Waals surface area contributed by atoms with Crippen LogP contribution in [0.1, 0.15) is 17.8 Å². The lowest BCUT2D eigenvalue weighted by atomic mass is 10.2. The van der Waals surface area contributed by atoms with Gasteiger partial charge >= 0.3 is 0 Å². The maximum absolute atomic E-state index is 11.2. The number of halogens is 1. The molecule has 196 valence electrons. The van der Waals surface area contributed by atoms with Crippen LogP contribution in [0, 0.1) is 0 Å². The second-order valence-corrected chi connectivity index (χ2v) is 14.0. The van der Waals surface area contributed by atoms with Gasteiger partial charge in [-0.3, -0.25) is 0 Å². The van der Waals surface area contributed by atoms with E-state index in [1.807, 2.05) is 39.8 Å². The smallest absolute Gasteiger partial charge is 0.267 e. The zero-order chi connectivity index (χ0) is 26.4. The molecule has 1 aliphatic rings. The molecule has 14 heteroatoms. The summed E-state index contributed by atoms with van der Waals surface area (Å²) in [6, 6.07) is 11.2. The third-order valence-corrected chi connectivity index (χ3v) is 9.82. The van der Waals surface area contributed by atoms with E-state index in [1.54, 1.807) is 18.4 Å². The molecule has 0 N–H and O–H groups in total. The van der Waals surface area contributed by atoms with Crippen LogP contribution < -0.4 is 9.47 Å². The Bertz CT molecular complexity index is 1740. The number of hydrogen-bond acceptors (Lipinski definition) is 10. The molecule has 0 bridgehead atoms. The number of aromatic nitrogens is 1. The highest BCUT2D eigenvalue weighted by Gasteiger charge is 2.29. The normalized spacial score (nSPS) is 15.3. The predicted molar refractivity (Wildman–Crippen MR) is 143 cm³/mol. The lowest BCUT2D eigenvalue weighted by Crippen LogP contribution is -2.36. The summed E-state index contributed by atoms with van der Waals surface area (Å²) in [6.45, 7) is 0.563. The molecular weight excluding hydrogens is 580 g/mol. The lowest BCUT2D eigenvalue weighted by Gasteiger charge is -2.20. The van der Waals surface area contributed by atoms with Gasteiger partial charge in [-0.15, -0.1) is 0 Å². The first kappa shape index (κ1) is 26.5. The van der Waals surface area contributed by atoms with Crippen molar-refractivity contribution >= 4 is 87.9 Å². The van der Waals surface area contributed by atoms with Crippen molar-refractivity contribution in [3.63, 3.8) is 0 Å². The molecule has 0 radical (unpaired) electrons. The van der Waals surface area contributed by atoms with E-state index in [2.05, 4.69) is 0 Å². The number of aryl methyl sites for hydroxylation is 1. The highest BCUT2D eigenvalue weighted by molar-refractivity contribution is 8.04. The lowest BCUT2D eigenvalue weighted by molar-refractivity contribution is -0.668. The number of hydrogen-bond donors (Lipinski definition) is 0. The molecule has 9 nitrogen and oxygen atoms in total. The molecule has 37 heavy (non-hydrogen) atoms. The minimum atomic E-state index is -4.37. The Morgan fingerprint density at radius 2 is 1.78 bits per heavy atom. The highest BCUT2D eigenvalue weighted by atomic mass is 35.5. The Morgan fingerprint density at radius 1 is 1.03 bits per heavy atom. The average Bonchev–Trinajstić information content (AvgIpc) is 3.48. The van der Waals surface area contributed by atoms with Gasteiger partial charge in [-0.25, -0.2) is 16.8 Å². The minimum Gasteiger partial charge on any atom is -0.748 e. The second-order valence-electron chi connectivity index (χ2n) is 8.42. The summed E-state index contributed by atoms with van der Waals surface area (Å²) in [5.41, 5.74) is 2.27. The van der Waals surface area contributed by atoms with Gasteiger partial charge in [0, 0.05) is 39.8 Å². The number of furan rings is 1. The molecule has 0 atom stereocenters. The topological polar surface area (TPSA) is 135 Å². The fraction of sp³-hybridized carbons (Fsp3) is 0.261. The third-order valence-electron chi connectivity index (χ3n) is 5.80. The first-order chi connectivity index (χ1) is 17.5. The van der Waals surface area contributed by atoms with Crippen molar-refractivity contribution < 1.29 is 34.9 Å². The van der Waals surface area contributed by atoms with Gasteiger partial charge in [-0.2, -0.15) is 4.57 Å². The van der Waals surface area contributed by atoms with E-state index >= 15 is 0 Å². The number of thiazole rings is 1. The summed E-state index contributed by atoms with van der Waals surface area (Å²) in [5, 5.41) is 3.02. The first-order valence-electron chi connectivity index (χ1n) is 11.1. The first-order valence-corrected chi connectivity index (χ1v) is 16.3. The van der Waals surface area contributed by atoms with Gasteiger partial charge in [0.15, 0.2) is 6.54 Å². The van der Waals surface area contributed by atoms with Gasteiger partial charge in [0.1, 0.15) is 4.70 Å². The fourth-order valence-corrected chi connectivity index (χ4v) is 7.70. The van der Waals surface area contributed by atoms with Crippen LogP contribution in [-0.2, 0) is 26.8 Å². The monoisotopic (exact) mass is 599 g/mol. The van der Waals surface area contributed by atoms with E-state index in [4.69, 9.17) is 16.0 Å². The van der Waals surface area contributed by atoms with Crippen molar-refractivity contribution in [2.75, 3.05) is 23.0 Å². The predicted octanol–water partition coefficient (Wildman–Crippen LogP) is 4.37. The maximum atomic E-state index is 11.2. The molecule has 1 aliphatic heterocycles. The van der Waals surface area contributed by atoms with Crippen LogP contribution in [0.15, 0.2) is 57.0 Å². The van der Waals surface area contributed by atoms with Crippen LogP contribution in [0.2, 0.25) is 5.02 Å². The summed E-state index contributed by atoms with van der Waals surface area (Å²) < 4.78 is 75.9. The van der Waals surface area contributed by atoms with Crippen LogP contribution in [0.3, 0.4) is 0 Å². The molecule has 5 rings (SSSR count). The Morgan fingerprint density at radius 3 is 2.54 bits per heavy atom. The molecule has 0 spiro atoms. The standard InChI is InChI=1S/C23H21ClN2O7S4/c24-16-4-6-18-17(13-16)25(8-1-11-36(27,28)29)20(34-18)14-21-26(9-2-12-37(30,31)32)22-19(35-21)5-3-15-7-10-33-23(15)22/h3-7,10,13-14H,1-2,8-9,11-12H2,(H-,27,28,29,30,31,32)/p-1. The van der Waals surface area contributed by atoms with E-state index in [-0.39, 0.29) is 25.9 Å². The van der Waals surface area contributed by atoms with Crippen molar-refractivity contribution in [3.8, 4) is 0 Å². The van der Waals surface area contributed by atoms with Crippen LogP contribution in [-0.4, -0.2) is 44.0 Å². The Labute approximate surface area is 226 Å². The summed E-state index contributed by atoms with van der Waals surface area (Å²) in [6.07, 6.45) is 3.79. The van der Waals surface area contributed by atoms with Gasteiger partial charge in [0.05, 0.1) is 43.3 Å². The zero-order valence-corrected chi connectivity index (χ0v) is 23.1.